The molecule has 0 amide bonds. The molecule has 0 radical (unpaired) electrons. The topological polar surface area (TPSA) is 26.3 Å². The first-order valence-electron chi connectivity index (χ1n) is 10.0. The zero-order valence-corrected chi connectivity index (χ0v) is 16.0. The van der Waals surface area contributed by atoms with Crippen molar-refractivity contribution in [2.24, 2.45) is 0 Å². The van der Waals surface area contributed by atoms with Crippen LogP contribution >= 0.6 is 0 Å². The van der Waals surface area contributed by atoms with Crippen LogP contribution < -0.4 is 0 Å². The van der Waals surface area contributed by atoms with Crippen LogP contribution in [0.15, 0.2) is 12.2 Å². The summed E-state index contributed by atoms with van der Waals surface area (Å²) in [5.74, 6) is 2.12. The van der Waals surface area contributed by atoms with Gasteiger partial charge in [-0.15, -0.1) is 6.42 Å². The molecule has 0 spiro atoms. The molecule has 0 saturated heterocycles. The largest absolute Gasteiger partial charge is 0.445 e. The second kappa shape index (κ2) is 18.1. The molecule has 0 aromatic heterocycles. The van der Waals surface area contributed by atoms with Gasteiger partial charge in [-0.2, -0.15) is 0 Å². The Morgan fingerprint density at radius 3 is 1.79 bits per heavy atom. The number of esters is 1. The smallest absolute Gasteiger partial charge is 0.304 e. The Labute approximate surface area is 150 Å². The third kappa shape index (κ3) is 17.1. The van der Waals surface area contributed by atoms with Crippen LogP contribution in [-0.4, -0.2) is 12.1 Å². The van der Waals surface area contributed by atoms with Gasteiger partial charge >= 0.3 is 5.97 Å². The first-order valence-corrected chi connectivity index (χ1v) is 10.0. The summed E-state index contributed by atoms with van der Waals surface area (Å²) in [5, 5.41) is 0. The third-order valence-corrected chi connectivity index (χ3v) is 4.24. The molecule has 2 heteroatoms. The molecule has 0 fully saturated rings. The molecule has 0 N–H and O–H groups in total. The molecule has 0 aromatic rings. The highest BCUT2D eigenvalue weighted by atomic mass is 16.5. The van der Waals surface area contributed by atoms with E-state index in [1.165, 1.54) is 90.4 Å². The standard InChI is InChI=1S/C22H38O2/c1-4-6-7-8-9-10-11-12-13-14-15-16-17-18-19-20-22(5-2)24-21(3)23/h2,19-20,22H,4,6-18H2,1,3H3/b20-19+/t22-/m1/s1. The number of terminal acetylenes is 1. The normalized spacial score (nSPS) is 12.2. The second-order valence-corrected chi connectivity index (χ2v) is 6.66. The van der Waals surface area contributed by atoms with Gasteiger partial charge in [-0.1, -0.05) is 96.0 Å². The Bertz CT molecular complexity index is 351. The summed E-state index contributed by atoms with van der Waals surface area (Å²) in [6, 6.07) is 0. The predicted octanol–water partition coefficient (Wildman–Crippen LogP) is 6.59. The Morgan fingerprint density at radius 1 is 0.917 bits per heavy atom. The fraction of sp³-hybridized carbons (Fsp3) is 0.773. The molecule has 1 atom stereocenters. The minimum absolute atomic E-state index is 0.330. The number of allylic oxidation sites excluding steroid dienone is 1. The Hall–Kier alpha value is -1.23. The summed E-state index contributed by atoms with van der Waals surface area (Å²) in [7, 11) is 0. The minimum Gasteiger partial charge on any atom is -0.445 e. The van der Waals surface area contributed by atoms with E-state index in [1.807, 2.05) is 12.2 Å². The van der Waals surface area contributed by atoms with Gasteiger partial charge in [0.1, 0.15) is 0 Å². The lowest BCUT2D eigenvalue weighted by atomic mass is 10.0. The quantitative estimate of drug-likeness (QED) is 0.138. The van der Waals surface area contributed by atoms with Crippen molar-refractivity contribution in [3.63, 3.8) is 0 Å². The zero-order valence-electron chi connectivity index (χ0n) is 16.0. The summed E-state index contributed by atoms with van der Waals surface area (Å²) in [6.07, 6.45) is 27.4. The van der Waals surface area contributed by atoms with Crippen molar-refractivity contribution in [3.05, 3.63) is 12.2 Å². The van der Waals surface area contributed by atoms with E-state index in [0.29, 0.717) is 0 Å². The molecule has 24 heavy (non-hydrogen) atoms. The Morgan fingerprint density at radius 2 is 1.38 bits per heavy atom. The van der Waals surface area contributed by atoms with E-state index in [9.17, 15) is 4.79 Å². The van der Waals surface area contributed by atoms with Gasteiger partial charge in [-0.25, -0.2) is 0 Å². The number of unbranched alkanes of at least 4 members (excludes halogenated alkanes) is 13. The summed E-state index contributed by atoms with van der Waals surface area (Å²) in [5.41, 5.74) is 0. The number of hydrogen-bond donors (Lipinski definition) is 0. The van der Waals surface area contributed by atoms with Crippen LogP contribution in [-0.2, 0) is 9.53 Å². The molecule has 2 nitrogen and oxygen atoms in total. The van der Waals surface area contributed by atoms with Crippen molar-refractivity contribution in [3.8, 4) is 12.3 Å². The van der Waals surface area contributed by atoms with Crippen molar-refractivity contribution >= 4 is 5.97 Å². The maximum Gasteiger partial charge on any atom is 0.304 e. The second-order valence-electron chi connectivity index (χ2n) is 6.66. The van der Waals surface area contributed by atoms with Gasteiger partial charge in [0, 0.05) is 6.92 Å². The molecular weight excluding hydrogens is 296 g/mol. The highest BCUT2D eigenvalue weighted by Crippen LogP contribution is 2.13. The summed E-state index contributed by atoms with van der Waals surface area (Å²) < 4.78 is 4.96. The molecule has 0 saturated carbocycles. The van der Waals surface area contributed by atoms with E-state index in [-0.39, 0.29) is 5.97 Å². The zero-order chi connectivity index (χ0) is 17.9. The number of ether oxygens (including phenoxy) is 1. The maximum atomic E-state index is 10.8. The average Bonchev–Trinajstić information content (AvgIpc) is 2.56. The lowest BCUT2D eigenvalue weighted by molar-refractivity contribution is -0.142. The molecule has 0 rings (SSSR count). The monoisotopic (exact) mass is 334 g/mol. The predicted molar refractivity (Wildman–Crippen MR) is 104 cm³/mol. The molecule has 0 aliphatic rings. The fourth-order valence-corrected chi connectivity index (χ4v) is 2.81. The summed E-state index contributed by atoms with van der Waals surface area (Å²) >= 11 is 0. The van der Waals surface area contributed by atoms with Crippen LogP contribution in [0.4, 0.5) is 0 Å². The lowest BCUT2D eigenvalue weighted by Gasteiger charge is -2.05. The van der Waals surface area contributed by atoms with Crippen molar-refractivity contribution in [1.82, 2.24) is 0 Å². The fourth-order valence-electron chi connectivity index (χ4n) is 2.81. The van der Waals surface area contributed by atoms with Gasteiger partial charge < -0.3 is 4.74 Å². The van der Waals surface area contributed by atoms with Crippen LogP contribution in [0.5, 0.6) is 0 Å². The minimum atomic E-state index is -0.510. The van der Waals surface area contributed by atoms with Crippen LogP contribution in [0, 0.1) is 12.3 Å². The number of rotatable bonds is 16. The third-order valence-electron chi connectivity index (χ3n) is 4.24. The van der Waals surface area contributed by atoms with E-state index < -0.39 is 6.10 Å². The van der Waals surface area contributed by atoms with Gasteiger partial charge in [0.05, 0.1) is 0 Å². The highest BCUT2D eigenvalue weighted by molar-refractivity contribution is 5.66. The molecule has 0 aromatic carbocycles. The number of hydrogen-bond acceptors (Lipinski definition) is 2. The van der Waals surface area contributed by atoms with Gasteiger partial charge in [-0.3, -0.25) is 4.79 Å². The lowest BCUT2D eigenvalue weighted by Crippen LogP contribution is -2.10. The van der Waals surface area contributed by atoms with Crippen molar-refractivity contribution in [2.45, 2.75) is 110 Å². The number of carbonyl (C=O) groups is 1. The van der Waals surface area contributed by atoms with Crippen LogP contribution in [0.1, 0.15) is 104 Å². The molecule has 0 aliphatic heterocycles. The van der Waals surface area contributed by atoms with Crippen LogP contribution in [0.2, 0.25) is 0 Å². The Balaban J connectivity index is 3.28. The average molecular weight is 335 g/mol. The molecule has 0 aliphatic carbocycles. The van der Waals surface area contributed by atoms with E-state index in [1.54, 1.807) is 0 Å². The summed E-state index contributed by atoms with van der Waals surface area (Å²) in [4.78, 5) is 10.8. The molecule has 138 valence electrons. The van der Waals surface area contributed by atoms with E-state index in [2.05, 4.69) is 12.8 Å². The first kappa shape index (κ1) is 22.8. The van der Waals surface area contributed by atoms with Crippen molar-refractivity contribution in [2.75, 3.05) is 0 Å². The van der Waals surface area contributed by atoms with Crippen LogP contribution in [0.25, 0.3) is 0 Å². The van der Waals surface area contributed by atoms with Gasteiger partial charge in [0.2, 0.25) is 0 Å². The van der Waals surface area contributed by atoms with Gasteiger partial charge in [-0.05, 0) is 18.9 Å². The van der Waals surface area contributed by atoms with Crippen molar-refractivity contribution in [1.29, 1.82) is 0 Å². The first-order chi connectivity index (χ1) is 11.7. The summed E-state index contributed by atoms with van der Waals surface area (Å²) in [6.45, 7) is 3.65. The van der Waals surface area contributed by atoms with Crippen molar-refractivity contribution < 1.29 is 9.53 Å². The highest BCUT2D eigenvalue weighted by Gasteiger charge is 2.02. The van der Waals surface area contributed by atoms with E-state index in [0.717, 1.165) is 6.42 Å². The van der Waals surface area contributed by atoms with E-state index in [4.69, 9.17) is 11.2 Å². The Kier molecular flexibility index (Phi) is 17.2. The van der Waals surface area contributed by atoms with Gasteiger partial charge in [0.25, 0.3) is 0 Å². The number of carbonyl (C=O) groups excluding carboxylic acids is 1. The molecule has 0 heterocycles. The van der Waals surface area contributed by atoms with Crippen LogP contribution in [0.3, 0.4) is 0 Å². The maximum absolute atomic E-state index is 10.8. The SMILES string of the molecule is C#C[C@H](/C=C/CCCCCCCCCCCCCCC)OC(C)=O. The molecule has 0 bridgehead atoms. The molecular formula is C22H38O2. The van der Waals surface area contributed by atoms with Gasteiger partial charge in [0.15, 0.2) is 6.10 Å². The molecule has 0 unspecified atom stereocenters. The van der Waals surface area contributed by atoms with E-state index >= 15 is 0 Å².